The zero-order valence-electron chi connectivity index (χ0n) is 28.3. The maximum Gasteiger partial charge on any atom is 0.0637 e. The molecule has 5 unspecified atom stereocenters. The molecular formula is C33H57N9O4. The lowest BCUT2D eigenvalue weighted by molar-refractivity contribution is -0.227. The van der Waals surface area contributed by atoms with Crippen LogP contribution in [0.2, 0.25) is 0 Å². The van der Waals surface area contributed by atoms with Crippen molar-refractivity contribution in [3.8, 4) is 0 Å². The van der Waals surface area contributed by atoms with Crippen LogP contribution in [0.5, 0.6) is 0 Å². The van der Waals surface area contributed by atoms with E-state index in [9.17, 15) is 5.11 Å². The first-order valence-corrected chi connectivity index (χ1v) is 17.8. The average Bonchev–Trinajstić information content (AvgIpc) is 3.41. The van der Waals surface area contributed by atoms with E-state index in [-0.39, 0.29) is 35.7 Å². The standard InChI is InChI=1S/C33H57N9O4/c1-23(8-4-16-43)26-9-10-27-31-28(22-30(33(26,27)3)46-19-7-15-39-42-36)32(2)12-11-25(44-17-5-13-37-40-34)20-24(32)21-29(31)45-18-6-14-38-41-35/h23-31,43H,4-22H2,1-3H3/t23-,24?,25-,26?,27+,28+,29?,30?,31?,32+,33-/m1/s1. The fraction of sp³-hybridized carbons (Fsp3) is 1.00. The second kappa shape index (κ2) is 17.8. The topological polar surface area (TPSA) is 194 Å². The molecule has 0 amide bonds. The molecule has 4 aliphatic rings. The molecule has 1 N–H and O–H groups in total. The summed E-state index contributed by atoms with van der Waals surface area (Å²) >= 11 is 0. The first-order valence-electron chi connectivity index (χ1n) is 17.8. The molecule has 0 bridgehead atoms. The van der Waals surface area contributed by atoms with Gasteiger partial charge < -0.3 is 19.3 Å². The van der Waals surface area contributed by atoms with Crippen LogP contribution in [-0.4, -0.2) is 69.5 Å². The summed E-state index contributed by atoms with van der Waals surface area (Å²) in [6.07, 6.45) is 12.0. The normalized spacial score (nSPS) is 37.0. The number of fused-ring (bicyclic) bond motifs is 5. The Balaban J connectivity index is 1.61. The Bertz CT molecular complexity index is 1110. The van der Waals surface area contributed by atoms with Gasteiger partial charge in [-0.3, -0.25) is 0 Å². The van der Waals surface area contributed by atoms with Crippen molar-refractivity contribution in [3.05, 3.63) is 31.3 Å². The summed E-state index contributed by atoms with van der Waals surface area (Å²) in [7, 11) is 0. The largest absolute Gasteiger partial charge is 0.396 e. The van der Waals surface area contributed by atoms with Crippen molar-refractivity contribution in [2.45, 2.75) is 116 Å². The third-order valence-electron chi connectivity index (χ3n) is 12.7. The number of aliphatic hydroxyl groups excluding tert-OH is 1. The Labute approximate surface area is 274 Å². The molecule has 0 radical (unpaired) electrons. The van der Waals surface area contributed by atoms with Gasteiger partial charge in [-0.1, -0.05) is 36.1 Å². The summed E-state index contributed by atoms with van der Waals surface area (Å²) in [6.45, 7) is 10.8. The minimum atomic E-state index is -0.00331. The van der Waals surface area contributed by atoms with Crippen LogP contribution in [0.1, 0.15) is 97.8 Å². The summed E-state index contributed by atoms with van der Waals surface area (Å²) in [4.78, 5) is 8.71. The van der Waals surface area contributed by atoms with E-state index in [2.05, 4.69) is 50.8 Å². The highest BCUT2D eigenvalue weighted by Crippen LogP contribution is 2.69. The zero-order chi connectivity index (χ0) is 33.0. The van der Waals surface area contributed by atoms with Gasteiger partial charge in [0.1, 0.15) is 0 Å². The first kappa shape index (κ1) is 36.6. The van der Waals surface area contributed by atoms with Crippen LogP contribution in [0.15, 0.2) is 15.3 Å². The molecule has 0 saturated heterocycles. The highest BCUT2D eigenvalue weighted by Gasteiger charge is 2.66. The minimum absolute atomic E-state index is 0.00331. The second-order valence-electron chi connectivity index (χ2n) is 14.8. The van der Waals surface area contributed by atoms with Crippen LogP contribution in [0.4, 0.5) is 0 Å². The minimum Gasteiger partial charge on any atom is -0.396 e. The van der Waals surface area contributed by atoms with E-state index in [1.807, 2.05) is 0 Å². The lowest BCUT2D eigenvalue weighted by Crippen LogP contribution is -2.63. The number of aliphatic hydroxyl groups is 1. The van der Waals surface area contributed by atoms with Gasteiger partial charge in [0.25, 0.3) is 0 Å². The molecule has 4 saturated carbocycles. The quantitative estimate of drug-likeness (QED) is 0.0637. The second-order valence-corrected chi connectivity index (χ2v) is 14.8. The monoisotopic (exact) mass is 643 g/mol. The van der Waals surface area contributed by atoms with Crippen molar-refractivity contribution in [2.75, 3.05) is 46.1 Å². The van der Waals surface area contributed by atoms with Crippen molar-refractivity contribution in [1.29, 1.82) is 0 Å². The summed E-state index contributed by atoms with van der Waals surface area (Å²) in [5.41, 5.74) is 26.3. The lowest BCUT2D eigenvalue weighted by Gasteiger charge is -2.65. The van der Waals surface area contributed by atoms with Gasteiger partial charge in [0, 0.05) is 66.2 Å². The molecule has 4 rings (SSSR count). The fourth-order valence-corrected chi connectivity index (χ4v) is 10.5. The van der Waals surface area contributed by atoms with Crippen LogP contribution >= 0.6 is 0 Å². The third-order valence-corrected chi connectivity index (χ3v) is 12.7. The highest BCUT2D eigenvalue weighted by molar-refractivity contribution is 5.15. The van der Waals surface area contributed by atoms with Gasteiger partial charge in [0.15, 0.2) is 0 Å². The van der Waals surface area contributed by atoms with E-state index in [1.165, 1.54) is 12.8 Å². The molecule has 13 heteroatoms. The molecule has 0 aromatic heterocycles. The highest BCUT2D eigenvalue weighted by atomic mass is 16.5. The Morgan fingerprint density at radius 1 is 0.783 bits per heavy atom. The SMILES string of the molecule is C[C@H](CCCO)C1CC[C@H]2C3C(OCCCN=[N+]=[N-])CC4C[C@H](OCCCN=[N+]=[N-])CC[C@]4(C)[C@H]3CC(OCCCN=[N+]=[N-])[C@]12C. The fourth-order valence-electron chi connectivity index (χ4n) is 10.5. The van der Waals surface area contributed by atoms with E-state index in [1.54, 1.807) is 0 Å². The first-order chi connectivity index (χ1) is 22.3. The van der Waals surface area contributed by atoms with Crippen LogP contribution in [0.25, 0.3) is 31.3 Å². The van der Waals surface area contributed by atoms with Gasteiger partial charge >= 0.3 is 0 Å². The number of hydrogen-bond acceptors (Lipinski definition) is 7. The summed E-state index contributed by atoms with van der Waals surface area (Å²) in [5, 5.41) is 20.8. The van der Waals surface area contributed by atoms with Crippen LogP contribution < -0.4 is 0 Å². The molecule has 13 nitrogen and oxygen atoms in total. The van der Waals surface area contributed by atoms with Gasteiger partial charge in [0.05, 0.1) is 18.3 Å². The molecule has 0 aromatic carbocycles. The van der Waals surface area contributed by atoms with E-state index in [4.69, 9.17) is 30.8 Å². The predicted octanol–water partition coefficient (Wildman–Crippen LogP) is 8.53. The molecule has 4 fully saturated rings. The zero-order valence-corrected chi connectivity index (χ0v) is 28.3. The number of ether oxygens (including phenoxy) is 3. The van der Waals surface area contributed by atoms with Gasteiger partial charge in [-0.05, 0) is 135 Å². The number of rotatable bonds is 19. The van der Waals surface area contributed by atoms with E-state index in [0.717, 1.165) is 64.2 Å². The molecule has 0 spiro atoms. The van der Waals surface area contributed by atoms with Crippen LogP contribution in [-0.2, 0) is 14.2 Å². The maximum atomic E-state index is 9.63. The molecule has 258 valence electrons. The molecule has 4 aliphatic carbocycles. The average molecular weight is 644 g/mol. The third kappa shape index (κ3) is 8.24. The van der Waals surface area contributed by atoms with Crippen LogP contribution in [0, 0.1) is 46.3 Å². The van der Waals surface area contributed by atoms with Crippen molar-refractivity contribution in [2.24, 2.45) is 61.7 Å². The molecule has 0 heterocycles. The van der Waals surface area contributed by atoms with E-state index >= 15 is 0 Å². The lowest BCUT2D eigenvalue weighted by atomic mass is 9.43. The molecular weight excluding hydrogens is 586 g/mol. The number of nitrogens with zero attached hydrogens (tertiary/aromatic N) is 9. The maximum absolute atomic E-state index is 9.63. The summed E-state index contributed by atoms with van der Waals surface area (Å²) in [5.74, 6) is 2.86. The van der Waals surface area contributed by atoms with Crippen molar-refractivity contribution in [1.82, 2.24) is 0 Å². The van der Waals surface area contributed by atoms with Gasteiger partial charge in [-0.2, -0.15) is 0 Å². The number of hydrogen-bond donors (Lipinski definition) is 1. The Hall–Kier alpha value is -2.23. The Morgan fingerprint density at radius 3 is 2.04 bits per heavy atom. The van der Waals surface area contributed by atoms with Gasteiger partial charge in [-0.15, -0.1) is 0 Å². The van der Waals surface area contributed by atoms with Crippen LogP contribution in [0.3, 0.4) is 0 Å². The van der Waals surface area contributed by atoms with Crippen molar-refractivity contribution < 1.29 is 19.3 Å². The van der Waals surface area contributed by atoms with Gasteiger partial charge in [0.2, 0.25) is 0 Å². The predicted molar refractivity (Wildman–Crippen MR) is 177 cm³/mol. The van der Waals surface area contributed by atoms with E-state index < -0.39 is 0 Å². The molecule has 46 heavy (non-hydrogen) atoms. The van der Waals surface area contributed by atoms with Crippen molar-refractivity contribution in [3.63, 3.8) is 0 Å². The van der Waals surface area contributed by atoms with E-state index in [0.29, 0.717) is 75.0 Å². The Morgan fingerprint density at radius 2 is 1.41 bits per heavy atom. The molecule has 0 aliphatic heterocycles. The number of azide groups is 3. The molecule has 11 atom stereocenters. The molecule has 0 aromatic rings. The van der Waals surface area contributed by atoms with Gasteiger partial charge in [-0.25, -0.2) is 0 Å². The summed E-state index contributed by atoms with van der Waals surface area (Å²) in [6, 6.07) is 0. The smallest absolute Gasteiger partial charge is 0.0637 e. The van der Waals surface area contributed by atoms with Crippen molar-refractivity contribution >= 4 is 0 Å². The Kier molecular flexibility index (Phi) is 14.2. The summed E-state index contributed by atoms with van der Waals surface area (Å²) < 4.78 is 20.1.